The van der Waals surface area contributed by atoms with E-state index in [1.807, 2.05) is 24.3 Å². The van der Waals surface area contributed by atoms with E-state index in [1.54, 1.807) is 12.1 Å². The van der Waals surface area contributed by atoms with Crippen LogP contribution >= 0.6 is 0 Å². The largest absolute Gasteiger partial charge is 0.508 e. The van der Waals surface area contributed by atoms with Gasteiger partial charge in [0.2, 0.25) is 0 Å². The Bertz CT molecular complexity index is 642. The number of carbonyl (C=O) groups is 1. The molecule has 22 heavy (non-hydrogen) atoms. The zero-order chi connectivity index (χ0) is 16.2. The highest BCUT2D eigenvalue weighted by molar-refractivity contribution is 5.91. The molecule has 2 aromatic rings. The van der Waals surface area contributed by atoms with Crippen molar-refractivity contribution in [2.45, 2.75) is 26.2 Å². The predicted octanol–water partition coefficient (Wildman–Crippen LogP) is 3.71. The number of anilines is 1. The standard InChI is InChI=1S/C18H21NO3/c1-18(2,3)15-6-4-5-7-16(15)22-12-17(21)19-13-8-10-14(20)11-9-13/h4-11,20H,12H2,1-3H3,(H,19,21). The quantitative estimate of drug-likeness (QED) is 0.846. The van der Waals surface area contributed by atoms with Crippen LogP contribution in [0, 0.1) is 0 Å². The molecule has 2 aromatic carbocycles. The van der Waals surface area contributed by atoms with Crippen molar-refractivity contribution in [1.82, 2.24) is 0 Å². The van der Waals surface area contributed by atoms with Gasteiger partial charge in [0.05, 0.1) is 0 Å². The van der Waals surface area contributed by atoms with Gasteiger partial charge < -0.3 is 15.2 Å². The van der Waals surface area contributed by atoms with Crippen LogP contribution < -0.4 is 10.1 Å². The first-order valence-corrected chi connectivity index (χ1v) is 7.17. The summed E-state index contributed by atoms with van der Waals surface area (Å²) in [5, 5.41) is 11.9. The van der Waals surface area contributed by atoms with Gasteiger partial charge in [0, 0.05) is 5.69 Å². The molecule has 2 N–H and O–H groups in total. The molecular weight excluding hydrogens is 278 g/mol. The number of phenols is 1. The Labute approximate surface area is 130 Å². The number of benzene rings is 2. The van der Waals surface area contributed by atoms with Crippen LogP contribution in [0.1, 0.15) is 26.3 Å². The molecule has 0 aromatic heterocycles. The Hall–Kier alpha value is -2.49. The maximum Gasteiger partial charge on any atom is 0.262 e. The number of ether oxygens (including phenoxy) is 1. The van der Waals surface area contributed by atoms with Crippen molar-refractivity contribution in [3.8, 4) is 11.5 Å². The van der Waals surface area contributed by atoms with Gasteiger partial charge in [-0.1, -0.05) is 39.0 Å². The monoisotopic (exact) mass is 299 g/mol. The van der Waals surface area contributed by atoms with Crippen LogP contribution in [-0.2, 0) is 10.2 Å². The SMILES string of the molecule is CC(C)(C)c1ccccc1OCC(=O)Nc1ccc(O)cc1. The molecule has 1 amide bonds. The molecule has 0 aliphatic carbocycles. The molecule has 116 valence electrons. The van der Waals surface area contributed by atoms with E-state index in [1.165, 1.54) is 12.1 Å². The number of amides is 1. The van der Waals surface area contributed by atoms with E-state index >= 15 is 0 Å². The zero-order valence-electron chi connectivity index (χ0n) is 13.1. The molecule has 0 fully saturated rings. The lowest BCUT2D eigenvalue weighted by Gasteiger charge is -2.22. The molecule has 4 heteroatoms. The molecule has 0 spiro atoms. The number of nitrogens with one attached hydrogen (secondary N) is 1. The number of rotatable bonds is 4. The van der Waals surface area contributed by atoms with Crippen molar-refractivity contribution < 1.29 is 14.6 Å². The van der Waals surface area contributed by atoms with Gasteiger partial charge in [-0.25, -0.2) is 0 Å². The molecule has 0 aliphatic heterocycles. The molecule has 0 heterocycles. The third-order valence-electron chi connectivity index (χ3n) is 3.20. The van der Waals surface area contributed by atoms with E-state index < -0.39 is 0 Å². The van der Waals surface area contributed by atoms with Crippen LogP contribution in [0.5, 0.6) is 11.5 Å². The Morgan fingerprint density at radius 2 is 1.73 bits per heavy atom. The Morgan fingerprint density at radius 1 is 1.09 bits per heavy atom. The molecule has 0 saturated heterocycles. The average molecular weight is 299 g/mol. The smallest absolute Gasteiger partial charge is 0.262 e. The Balaban J connectivity index is 1.98. The van der Waals surface area contributed by atoms with Crippen molar-refractivity contribution in [3.05, 3.63) is 54.1 Å². The summed E-state index contributed by atoms with van der Waals surface area (Å²) in [5.74, 6) is 0.638. The molecule has 0 atom stereocenters. The fourth-order valence-electron chi connectivity index (χ4n) is 2.10. The molecule has 0 aliphatic rings. The van der Waals surface area contributed by atoms with Crippen molar-refractivity contribution in [2.24, 2.45) is 0 Å². The third-order valence-corrected chi connectivity index (χ3v) is 3.20. The summed E-state index contributed by atoms with van der Waals surface area (Å²) >= 11 is 0. The highest BCUT2D eigenvalue weighted by atomic mass is 16.5. The molecule has 0 saturated carbocycles. The van der Waals surface area contributed by atoms with Gasteiger partial charge in [-0.15, -0.1) is 0 Å². The molecule has 0 unspecified atom stereocenters. The fraction of sp³-hybridized carbons (Fsp3) is 0.278. The van der Waals surface area contributed by atoms with Crippen molar-refractivity contribution in [3.63, 3.8) is 0 Å². The third kappa shape index (κ3) is 4.25. The normalized spacial score (nSPS) is 11.0. The summed E-state index contributed by atoms with van der Waals surface area (Å²) in [5.41, 5.74) is 1.63. The van der Waals surface area contributed by atoms with Crippen LogP contribution in [0.2, 0.25) is 0 Å². The van der Waals surface area contributed by atoms with E-state index in [0.29, 0.717) is 5.69 Å². The number of carbonyl (C=O) groups excluding carboxylic acids is 1. The summed E-state index contributed by atoms with van der Waals surface area (Å²) in [6, 6.07) is 14.0. The second kappa shape index (κ2) is 6.52. The van der Waals surface area contributed by atoms with Crippen LogP contribution in [-0.4, -0.2) is 17.6 Å². The van der Waals surface area contributed by atoms with Gasteiger partial charge >= 0.3 is 0 Å². The second-order valence-corrected chi connectivity index (χ2v) is 6.13. The number of phenolic OH excluding ortho intramolecular Hbond substituents is 1. The summed E-state index contributed by atoms with van der Waals surface area (Å²) in [6.07, 6.45) is 0. The van der Waals surface area contributed by atoms with Gasteiger partial charge in [0.25, 0.3) is 5.91 Å². The van der Waals surface area contributed by atoms with Crippen molar-refractivity contribution in [2.75, 3.05) is 11.9 Å². The van der Waals surface area contributed by atoms with Crippen LogP contribution in [0.3, 0.4) is 0 Å². The first-order valence-electron chi connectivity index (χ1n) is 7.17. The van der Waals surface area contributed by atoms with Crippen molar-refractivity contribution >= 4 is 11.6 Å². The lowest BCUT2D eigenvalue weighted by molar-refractivity contribution is -0.118. The first kappa shape index (κ1) is 15.9. The second-order valence-electron chi connectivity index (χ2n) is 6.13. The summed E-state index contributed by atoms with van der Waals surface area (Å²) in [4.78, 5) is 11.9. The number of aromatic hydroxyl groups is 1. The van der Waals surface area contributed by atoms with E-state index in [0.717, 1.165) is 11.3 Å². The van der Waals surface area contributed by atoms with Crippen molar-refractivity contribution in [1.29, 1.82) is 0 Å². The van der Waals surface area contributed by atoms with Gasteiger partial charge in [-0.05, 0) is 41.3 Å². The van der Waals surface area contributed by atoms with Gasteiger partial charge in [0.15, 0.2) is 6.61 Å². The minimum absolute atomic E-state index is 0.0516. The van der Waals surface area contributed by atoms with Gasteiger partial charge in [-0.3, -0.25) is 4.79 Å². The van der Waals surface area contributed by atoms with E-state index in [4.69, 9.17) is 4.74 Å². The van der Waals surface area contributed by atoms with Gasteiger partial charge in [-0.2, -0.15) is 0 Å². The highest BCUT2D eigenvalue weighted by Gasteiger charge is 2.18. The lowest BCUT2D eigenvalue weighted by Crippen LogP contribution is -2.21. The maximum atomic E-state index is 11.9. The Kier molecular flexibility index (Phi) is 4.71. The van der Waals surface area contributed by atoms with E-state index in [-0.39, 0.29) is 23.7 Å². The van der Waals surface area contributed by atoms with Crippen LogP contribution in [0.25, 0.3) is 0 Å². The molecule has 0 bridgehead atoms. The summed E-state index contributed by atoms with van der Waals surface area (Å²) in [6.45, 7) is 6.25. The molecule has 2 rings (SSSR count). The lowest BCUT2D eigenvalue weighted by atomic mass is 9.86. The predicted molar refractivity (Wildman–Crippen MR) is 87.4 cm³/mol. The topological polar surface area (TPSA) is 58.6 Å². The Morgan fingerprint density at radius 3 is 2.36 bits per heavy atom. The number of hydrogen-bond donors (Lipinski definition) is 2. The number of hydrogen-bond acceptors (Lipinski definition) is 3. The average Bonchev–Trinajstić information content (AvgIpc) is 2.47. The summed E-state index contributed by atoms with van der Waals surface area (Å²) in [7, 11) is 0. The molecule has 0 radical (unpaired) electrons. The van der Waals surface area contributed by atoms with E-state index in [9.17, 15) is 9.90 Å². The minimum Gasteiger partial charge on any atom is -0.508 e. The maximum absolute atomic E-state index is 11.9. The van der Waals surface area contributed by atoms with Crippen LogP contribution in [0.4, 0.5) is 5.69 Å². The fourth-order valence-corrected chi connectivity index (χ4v) is 2.10. The zero-order valence-corrected chi connectivity index (χ0v) is 13.1. The van der Waals surface area contributed by atoms with Gasteiger partial charge in [0.1, 0.15) is 11.5 Å². The van der Waals surface area contributed by atoms with Crippen LogP contribution in [0.15, 0.2) is 48.5 Å². The number of para-hydroxylation sites is 1. The van der Waals surface area contributed by atoms with E-state index in [2.05, 4.69) is 26.1 Å². The highest BCUT2D eigenvalue weighted by Crippen LogP contribution is 2.30. The molecular formula is C18H21NO3. The first-order chi connectivity index (χ1) is 10.4. The minimum atomic E-state index is -0.241. The summed E-state index contributed by atoms with van der Waals surface area (Å²) < 4.78 is 5.66. The molecule has 4 nitrogen and oxygen atoms in total.